The van der Waals surface area contributed by atoms with Crippen molar-refractivity contribution in [2.24, 2.45) is 0 Å². The van der Waals surface area contributed by atoms with Crippen LogP contribution in [0.5, 0.6) is 5.75 Å². The predicted molar refractivity (Wildman–Crippen MR) is 96.8 cm³/mol. The Kier molecular flexibility index (Phi) is 7.22. The highest BCUT2D eigenvalue weighted by atomic mass is 19.1. The van der Waals surface area contributed by atoms with Gasteiger partial charge in [-0.05, 0) is 56.7 Å². The molecule has 3 nitrogen and oxygen atoms in total. The molecule has 0 aliphatic rings. The van der Waals surface area contributed by atoms with Gasteiger partial charge in [0, 0.05) is 12.6 Å². The maximum atomic E-state index is 13.8. The number of methoxy groups -OCH3 is 1. The molecule has 0 fully saturated rings. The molecule has 0 radical (unpaired) electrons. The molecule has 130 valence electrons. The molecule has 1 N–H and O–H groups in total. The van der Waals surface area contributed by atoms with Gasteiger partial charge in [-0.3, -0.25) is 0 Å². The molecule has 2 rings (SSSR count). The zero-order chi connectivity index (χ0) is 17.4. The minimum Gasteiger partial charge on any atom is -0.494 e. The van der Waals surface area contributed by atoms with Crippen molar-refractivity contribution in [1.82, 2.24) is 10.2 Å². The van der Waals surface area contributed by atoms with Crippen LogP contribution in [-0.2, 0) is 6.54 Å². The first-order valence-corrected chi connectivity index (χ1v) is 8.39. The van der Waals surface area contributed by atoms with E-state index in [4.69, 9.17) is 4.74 Å². The lowest BCUT2D eigenvalue weighted by atomic mass is 10.1. The van der Waals surface area contributed by atoms with Crippen molar-refractivity contribution in [2.75, 3.05) is 27.2 Å². The van der Waals surface area contributed by atoms with Crippen LogP contribution in [0.3, 0.4) is 0 Å². The molecular weight excluding hydrogens is 303 g/mol. The number of hydrogen-bond donors (Lipinski definition) is 1. The van der Waals surface area contributed by atoms with Crippen LogP contribution in [0, 0.1) is 5.82 Å². The van der Waals surface area contributed by atoms with Crippen LogP contribution in [-0.4, -0.2) is 32.1 Å². The molecular formula is C20H27FN2O. The van der Waals surface area contributed by atoms with Gasteiger partial charge in [-0.25, -0.2) is 4.39 Å². The normalized spacial score (nSPS) is 12.4. The molecule has 0 heterocycles. The molecule has 2 aromatic carbocycles. The van der Waals surface area contributed by atoms with E-state index in [0.29, 0.717) is 0 Å². The summed E-state index contributed by atoms with van der Waals surface area (Å²) in [7, 11) is 3.61. The van der Waals surface area contributed by atoms with Gasteiger partial charge in [-0.1, -0.05) is 36.4 Å². The summed E-state index contributed by atoms with van der Waals surface area (Å²) < 4.78 is 18.7. The summed E-state index contributed by atoms with van der Waals surface area (Å²) in [5, 5.41) is 3.45. The summed E-state index contributed by atoms with van der Waals surface area (Å²) in [6, 6.07) is 15.7. The van der Waals surface area contributed by atoms with Crippen molar-refractivity contribution >= 4 is 0 Å². The Morgan fingerprint density at radius 3 is 2.58 bits per heavy atom. The average molecular weight is 330 g/mol. The van der Waals surface area contributed by atoms with Gasteiger partial charge in [0.05, 0.1) is 7.11 Å². The topological polar surface area (TPSA) is 24.5 Å². The molecule has 0 saturated carbocycles. The van der Waals surface area contributed by atoms with E-state index in [9.17, 15) is 4.39 Å². The summed E-state index contributed by atoms with van der Waals surface area (Å²) in [4.78, 5) is 2.31. The smallest absolute Gasteiger partial charge is 0.165 e. The van der Waals surface area contributed by atoms with Crippen molar-refractivity contribution in [1.29, 1.82) is 0 Å². The summed E-state index contributed by atoms with van der Waals surface area (Å²) in [6.07, 6.45) is 1.05. The molecule has 1 unspecified atom stereocenters. The van der Waals surface area contributed by atoms with E-state index >= 15 is 0 Å². The minimum absolute atomic E-state index is 0.116. The third-order valence-electron chi connectivity index (χ3n) is 4.14. The van der Waals surface area contributed by atoms with Crippen LogP contribution in [0.15, 0.2) is 48.5 Å². The van der Waals surface area contributed by atoms with Crippen molar-refractivity contribution in [3.63, 3.8) is 0 Å². The second kappa shape index (κ2) is 9.40. The third kappa shape index (κ3) is 5.62. The first-order chi connectivity index (χ1) is 11.6. The zero-order valence-electron chi connectivity index (χ0n) is 14.8. The second-order valence-corrected chi connectivity index (χ2v) is 6.15. The predicted octanol–water partition coefficient (Wildman–Crippen LogP) is 4.01. The molecule has 0 amide bonds. The van der Waals surface area contributed by atoms with Gasteiger partial charge >= 0.3 is 0 Å². The third-order valence-corrected chi connectivity index (χ3v) is 4.14. The lowest BCUT2D eigenvalue weighted by Crippen LogP contribution is -2.25. The molecule has 0 aliphatic heterocycles. The van der Waals surface area contributed by atoms with Gasteiger partial charge in [0.1, 0.15) is 0 Å². The average Bonchev–Trinajstić information content (AvgIpc) is 2.59. The Bertz CT molecular complexity index is 618. The van der Waals surface area contributed by atoms with E-state index < -0.39 is 0 Å². The van der Waals surface area contributed by atoms with E-state index in [1.807, 2.05) is 12.1 Å². The molecule has 1 atom stereocenters. The lowest BCUT2D eigenvalue weighted by molar-refractivity contribution is 0.317. The molecule has 0 saturated heterocycles. The summed E-state index contributed by atoms with van der Waals surface area (Å²) in [6.45, 7) is 4.93. The van der Waals surface area contributed by atoms with Crippen molar-refractivity contribution in [2.45, 2.75) is 25.9 Å². The van der Waals surface area contributed by atoms with Gasteiger partial charge in [0.15, 0.2) is 11.6 Å². The number of nitrogens with one attached hydrogen (secondary N) is 1. The quantitative estimate of drug-likeness (QED) is 0.703. The van der Waals surface area contributed by atoms with Crippen LogP contribution >= 0.6 is 0 Å². The van der Waals surface area contributed by atoms with Crippen molar-refractivity contribution in [3.8, 4) is 5.75 Å². The largest absolute Gasteiger partial charge is 0.494 e. The summed E-state index contributed by atoms with van der Waals surface area (Å²) in [5.41, 5.74) is 2.26. The molecule has 2 aromatic rings. The first kappa shape index (κ1) is 18.4. The van der Waals surface area contributed by atoms with Crippen molar-refractivity contribution in [3.05, 3.63) is 65.5 Å². The Hall–Kier alpha value is -1.91. The summed E-state index contributed by atoms with van der Waals surface area (Å²) >= 11 is 0. The highest BCUT2D eigenvalue weighted by Gasteiger charge is 2.09. The van der Waals surface area contributed by atoms with Crippen LogP contribution in [0.25, 0.3) is 0 Å². The van der Waals surface area contributed by atoms with Crippen LogP contribution in [0.4, 0.5) is 4.39 Å². The highest BCUT2D eigenvalue weighted by molar-refractivity contribution is 5.30. The molecule has 0 bridgehead atoms. The zero-order valence-corrected chi connectivity index (χ0v) is 14.8. The fourth-order valence-corrected chi connectivity index (χ4v) is 2.71. The monoisotopic (exact) mass is 330 g/mol. The Balaban J connectivity index is 1.70. The lowest BCUT2D eigenvalue weighted by Gasteiger charge is -2.19. The standard InChI is InChI=1S/C20H27FN2O/c1-16(18-10-11-20(24-3)19(21)14-18)22-12-7-13-23(2)15-17-8-5-4-6-9-17/h4-6,8-11,14,16,22H,7,12-13,15H2,1-3H3. The van der Waals surface area contributed by atoms with Crippen molar-refractivity contribution < 1.29 is 9.13 Å². The van der Waals surface area contributed by atoms with Gasteiger partial charge in [0.2, 0.25) is 0 Å². The van der Waals surface area contributed by atoms with Gasteiger partial charge in [-0.2, -0.15) is 0 Å². The number of benzene rings is 2. The Morgan fingerprint density at radius 2 is 1.92 bits per heavy atom. The molecule has 4 heteroatoms. The van der Waals surface area contributed by atoms with E-state index in [1.165, 1.54) is 18.7 Å². The Morgan fingerprint density at radius 1 is 1.17 bits per heavy atom. The number of ether oxygens (including phenoxy) is 1. The van der Waals surface area contributed by atoms with Gasteiger partial charge in [0.25, 0.3) is 0 Å². The van der Waals surface area contributed by atoms with E-state index in [2.05, 4.69) is 48.5 Å². The van der Waals surface area contributed by atoms with Crippen LogP contribution in [0.2, 0.25) is 0 Å². The number of nitrogens with zero attached hydrogens (tertiary/aromatic N) is 1. The van der Waals surface area contributed by atoms with Crippen LogP contribution < -0.4 is 10.1 Å². The molecule has 24 heavy (non-hydrogen) atoms. The molecule has 0 aromatic heterocycles. The van der Waals surface area contributed by atoms with E-state index in [1.54, 1.807) is 6.07 Å². The highest BCUT2D eigenvalue weighted by Crippen LogP contribution is 2.21. The number of rotatable bonds is 9. The molecule has 0 aliphatic carbocycles. The van der Waals surface area contributed by atoms with E-state index in [-0.39, 0.29) is 17.6 Å². The Labute approximate surface area is 144 Å². The minimum atomic E-state index is -0.314. The summed E-state index contributed by atoms with van der Waals surface area (Å²) in [5.74, 6) is -0.0280. The van der Waals surface area contributed by atoms with Crippen LogP contribution in [0.1, 0.15) is 30.5 Å². The van der Waals surface area contributed by atoms with Gasteiger partial charge in [-0.15, -0.1) is 0 Å². The first-order valence-electron chi connectivity index (χ1n) is 8.39. The fraction of sp³-hybridized carbons (Fsp3) is 0.400. The van der Waals surface area contributed by atoms with Gasteiger partial charge < -0.3 is 15.0 Å². The SMILES string of the molecule is COc1ccc(C(C)NCCCN(C)Cc2ccccc2)cc1F. The molecule has 0 spiro atoms. The number of hydrogen-bond acceptors (Lipinski definition) is 3. The fourth-order valence-electron chi connectivity index (χ4n) is 2.71. The number of halogens is 1. The maximum Gasteiger partial charge on any atom is 0.165 e. The second-order valence-electron chi connectivity index (χ2n) is 6.15. The van der Waals surface area contributed by atoms with E-state index in [0.717, 1.165) is 31.6 Å². The maximum absolute atomic E-state index is 13.8.